The number of anilines is 1. The van der Waals surface area contributed by atoms with Gasteiger partial charge in [0.1, 0.15) is 22.5 Å². The number of benzene rings is 2. The zero-order valence-corrected chi connectivity index (χ0v) is 17.3. The van der Waals surface area contributed by atoms with Gasteiger partial charge in [-0.05, 0) is 43.3 Å². The zero-order chi connectivity index (χ0) is 21.5. The van der Waals surface area contributed by atoms with Gasteiger partial charge in [-0.25, -0.2) is 9.38 Å². The van der Waals surface area contributed by atoms with Gasteiger partial charge < -0.3 is 10.1 Å². The monoisotopic (exact) mass is 427 g/mol. The summed E-state index contributed by atoms with van der Waals surface area (Å²) in [5.74, 6) is -0.313. The maximum absolute atomic E-state index is 14.0. The molecule has 0 aliphatic carbocycles. The van der Waals surface area contributed by atoms with Crippen LogP contribution in [0, 0.1) is 5.82 Å². The van der Waals surface area contributed by atoms with Gasteiger partial charge in [-0.1, -0.05) is 30.0 Å². The zero-order valence-electron chi connectivity index (χ0n) is 16.5. The molecule has 2 aromatic rings. The molecule has 30 heavy (non-hydrogen) atoms. The topological polar surface area (TPSA) is 71.0 Å². The molecule has 0 radical (unpaired) electrons. The van der Waals surface area contributed by atoms with Crippen molar-refractivity contribution in [2.75, 3.05) is 18.5 Å². The SMILES string of the molecule is C=CCN1C(=O)C(CC(=O)Nc2ccc(OCC)cc2)SC1=Nc1ccccc1F. The van der Waals surface area contributed by atoms with Crippen molar-refractivity contribution in [2.45, 2.75) is 18.6 Å². The molecule has 0 spiro atoms. The largest absolute Gasteiger partial charge is 0.494 e. The Labute approximate surface area is 178 Å². The normalized spacial score (nSPS) is 17.3. The maximum Gasteiger partial charge on any atom is 0.242 e. The van der Waals surface area contributed by atoms with Gasteiger partial charge in [0.15, 0.2) is 5.17 Å². The van der Waals surface area contributed by atoms with E-state index < -0.39 is 11.1 Å². The first-order chi connectivity index (χ1) is 14.5. The fraction of sp³-hybridized carbons (Fsp3) is 0.227. The lowest BCUT2D eigenvalue weighted by atomic mass is 10.2. The van der Waals surface area contributed by atoms with Crippen LogP contribution in [-0.4, -0.2) is 40.3 Å². The molecule has 0 aromatic heterocycles. The Hall–Kier alpha value is -3.13. The van der Waals surface area contributed by atoms with E-state index in [0.717, 1.165) is 11.8 Å². The van der Waals surface area contributed by atoms with Crippen LogP contribution >= 0.6 is 11.8 Å². The summed E-state index contributed by atoms with van der Waals surface area (Å²) in [5, 5.41) is 2.49. The second-order valence-corrected chi connectivity index (χ2v) is 7.57. The second-order valence-electron chi connectivity index (χ2n) is 6.40. The lowest BCUT2D eigenvalue weighted by Crippen LogP contribution is -2.33. The minimum absolute atomic E-state index is 0.0271. The number of carbonyl (C=O) groups is 2. The smallest absolute Gasteiger partial charge is 0.242 e. The average Bonchev–Trinajstić information content (AvgIpc) is 3.00. The summed E-state index contributed by atoms with van der Waals surface area (Å²) < 4.78 is 19.3. The molecule has 1 atom stereocenters. The van der Waals surface area contributed by atoms with Gasteiger partial charge in [0.05, 0.1) is 6.61 Å². The van der Waals surface area contributed by atoms with Crippen molar-refractivity contribution in [1.29, 1.82) is 0 Å². The van der Waals surface area contributed by atoms with E-state index in [9.17, 15) is 14.0 Å². The first kappa shape index (κ1) is 21.6. The Morgan fingerprint density at radius 3 is 2.70 bits per heavy atom. The molecule has 1 N–H and O–H groups in total. The van der Waals surface area contributed by atoms with Gasteiger partial charge in [-0.2, -0.15) is 0 Å². The molecule has 156 valence electrons. The van der Waals surface area contributed by atoms with E-state index in [2.05, 4.69) is 16.9 Å². The van der Waals surface area contributed by atoms with Crippen LogP contribution in [0.15, 0.2) is 66.2 Å². The summed E-state index contributed by atoms with van der Waals surface area (Å²) in [6.45, 7) is 6.34. The molecule has 1 aliphatic rings. The van der Waals surface area contributed by atoms with E-state index in [1.54, 1.807) is 42.5 Å². The third-order valence-corrected chi connectivity index (χ3v) is 5.40. The maximum atomic E-state index is 14.0. The Morgan fingerprint density at radius 1 is 1.30 bits per heavy atom. The summed E-state index contributed by atoms with van der Waals surface area (Å²) in [5.41, 5.74) is 0.753. The number of amides is 2. The van der Waals surface area contributed by atoms with Crippen molar-refractivity contribution in [1.82, 2.24) is 4.90 Å². The predicted octanol–water partition coefficient (Wildman–Crippen LogP) is 4.37. The number of hydrogen-bond acceptors (Lipinski definition) is 5. The molecule has 0 saturated carbocycles. The van der Waals surface area contributed by atoms with E-state index in [1.807, 2.05) is 6.92 Å². The summed E-state index contributed by atoms with van der Waals surface area (Å²) >= 11 is 1.15. The number of nitrogens with zero attached hydrogens (tertiary/aromatic N) is 2. The summed E-state index contributed by atoms with van der Waals surface area (Å²) in [6.07, 6.45) is 1.54. The Balaban J connectivity index is 1.69. The van der Waals surface area contributed by atoms with Crippen LogP contribution in [0.3, 0.4) is 0 Å². The average molecular weight is 428 g/mol. The fourth-order valence-electron chi connectivity index (χ4n) is 2.85. The Morgan fingerprint density at radius 2 is 2.03 bits per heavy atom. The molecule has 6 nitrogen and oxygen atoms in total. The van der Waals surface area contributed by atoms with Crippen LogP contribution in [0.2, 0.25) is 0 Å². The van der Waals surface area contributed by atoms with Crippen molar-refractivity contribution < 1.29 is 18.7 Å². The number of ether oxygens (including phenoxy) is 1. The molecule has 1 unspecified atom stereocenters. The highest BCUT2D eigenvalue weighted by atomic mass is 32.2. The second kappa shape index (κ2) is 10.1. The van der Waals surface area contributed by atoms with Crippen LogP contribution < -0.4 is 10.1 Å². The molecule has 1 saturated heterocycles. The van der Waals surface area contributed by atoms with Crippen LogP contribution in [0.5, 0.6) is 5.75 Å². The number of aliphatic imine (C=N–C) groups is 1. The van der Waals surface area contributed by atoms with Gasteiger partial charge in [0, 0.05) is 18.7 Å². The summed E-state index contributed by atoms with van der Waals surface area (Å²) in [6, 6.07) is 13.1. The minimum atomic E-state index is -0.641. The van der Waals surface area contributed by atoms with E-state index in [1.165, 1.54) is 17.0 Å². The van der Waals surface area contributed by atoms with Crippen molar-refractivity contribution >= 4 is 40.1 Å². The molecule has 3 rings (SSSR count). The van der Waals surface area contributed by atoms with E-state index in [4.69, 9.17) is 4.74 Å². The summed E-state index contributed by atoms with van der Waals surface area (Å²) in [7, 11) is 0. The quantitative estimate of drug-likeness (QED) is 0.635. The highest BCUT2D eigenvalue weighted by molar-refractivity contribution is 8.15. The van der Waals surface area contributed by atoms with Gasteiger partial charge in [-0.3, -0.25) is 14.5 Å². The predicted molar refractivity (Wildman–Crippen MR) is 118 cm³/mol. The number of amidine groups is 1. The van der Waals surface area contributed by atoms with Gasteiger partial charge in [0.25, 0.3) is 0 Å². The number of carbonyl (C=O) groups excluding carboxylic acids is 2. The van der Waals surface area contributed by atoms with E-state index in [-0.39, 0.29) is 30.5 Å². The van der Waals surface area contributed by atoms with Crippen LogP contribution in [0.1, 0.15) is 13.3 Å². The third kappa shape index (κ3) is 5.27. The number of thioether (sulfide) groups is 1. The highest BCUT2D eigenvalue weighted by Gasteiger charge is 2.38. The molecular weight excluding hydrogens is 405 g/mol. The highest BCUT2D eigenvalue weighted by Crippen LogP contribution is 2.32. The van der Waals surface area contributed by atoms with Crippen molar-refractivity contribution in [2.24, 2.45) is 4.99 Å². The Kier molecular flexibility index (Phi) is 7.24. The first-order valence-corrected chi connectivity index (χ1v) is 10.3. The van der Waals surface area contributed by atoms with Crippen molar-refractivity contribution in [3.63, 3.8) is 0 Å². The number of para-hydroxylation sites is 1. The number of halogens is 1. The van der Waals surface area contributed by atoms with E-state index >= 15 is 0 Å². The molecule has 1 heterocycles. The molecule has 1 fully saturated rings. The summed E-state index contributed by atoms with van der Waals surface area (Å²) in [4.78, 5) is 30.9. The number of nitrogens with one attached hydrogen (secondary N) is 1. The van der Waals surface area contributed by atoms with Gasteiger partial charge in [0.2, 0.25) is 11.8 Å². The molecule has 1 aliphatic heterocycles. The van der Waals surface area contributed by atoms with Crippen molar-refractivity contribution in [3.8, 4) is 5.75 Å². The first-order valence-electron chi connectivity index (χ1n) is 9.46. The van der Waals surface area contributed by atoms with Crippen LogP contribution in [-0.2, 0) is 9.59 Å². The Bertz CT molecular complexity index is 962. The van der Waals surface area contributed by atoms with E-state index in [0.29, 0.717) is 23.2 Å². The molecule has 2 amide bonds. The molecular formula is C22H22FN3O3S. The van der Waals surface area contributed by atoms with Gasteiger partial charge in [-0.15, -0.1) is 6.58 Å². The minimum Gasteiger partial charge on any atom is -0.494 e. The fourth-order valence-corrected chi connectivity index (χ4v) is 4.01. The van der Waals surface area contributed by atoms with Crippen molar-refractivity contribution in [3.05, 3.63) is 67.0 Å². The van der Waals surface area contributed by atoms with Crippen LogP contribution in [0.4, 0.5) is 15.8 Å². The lowest BCUT2D eigenvalue weighted by Gasteiger charge is -2.14. The number of hydrogen-bond donors (Lipinski definition) is 1. The third-order valence-electron chi connectivity index (χ3n) is 4.22. The number of rotatable bonds is 8. The standard InChI is InChI=1S/C22H22FN3O3S/c1-3-13-26-21(28)19(30-22(26)25-18-8-6-5-7-17(18)23)14-20(27)24-15-9-11-16(12-10-15)29-4-2/h3,5-12,19H,1,4,13-14H2,2H3,(H,24,27). The molecule has 0 bridgehead atoms. The molecule has 2 aromatic carbocycles. The molecule has 8 heteroatoms. The lowest BCUT2D eigenvalue weighted by molar-refractivity contribution is -0.127. The van der Waals surface area contributed by atoms with Gasteiger partial charge >= 0.3 is 0 Å². The van der Waals surface area contributed by atoms with Crippen LogP contribution in [0.25, 0.3) is 0 Å².